The smallest absolute Gasteiger partial charge is 0.336 e. The summed E-state index contributed by atoms with van der Waals surface area (Å²) < 4.78 is 18.1. The zero-order valence-corrected chi connectivity index (χ0v) is 11.9. The average molecular weight is 299 g/mol. The predicted octanol–water partition coefficient (Wildman–Crippen LogP) is 3.40. The minimum Gasteiger partial charge on any atom is -0.423 e. The maximum absolute atomic E-state index is 13.0. The van der Waals surface area contributed by atoms with Crippen molar-refractivity contribution in [1.29, 1.82) is 0 Å². The van der Waals surface area contributed by atoms with E-state index in [2.05, 4.69) is 5.32 Å². The van der Waals surface area contributed by atoms with E-state index in [4.69, 9.17) is 4.74 Å². The normalized spacial score (nSPS) is 10.5. The Kier molecular flexibility index (Phi) is 5.03. The van der Waals surface area contributed by atoms with Crippen LogP contribution >= 0.6 is 0 Å². The number of ether oxygens (including phenoxy) is 1. The summed E-state index contributed by atoms with van der Waals surface area (Å²) in [4.78, 5) is 22.5. The molecule has 112 valence electrons. The van der Waals surface area contributed by atoms with Gasteiger partial charge in [-0.2, -0.15) is 0 Å². The highest BCUT2D eigenvalue weighted by molar-refractivity contribution is 5.90. The number of hydrogen-bond acceptors (Lipinski definition) is 3. The van der Waals surface area contributed by atoms with Gasteiger partial charge in [-0.3, -0.25) is 4.79 Å². The van der Waals surface area contributed by atoms with Gasteiger partial charge in [-0.1, -0.05) is 12.1 Å². The number of esters is 1. The van der Waals surface area contributed by atoms with Crippen LogP contribution in [0.25, 0.3) is 6.08 Å². The van der Waals surface area contributed by atoms with E-state index in [9.17, 15) is 14.0 Å². The Morgan fingerprint density at radius 3 is 2.50 bits per heavy atom. The van der Waals surface area contributed by atoms with E-state index >= 15 is 0 Å². The minimum atomic E-state index is -0.573. The minimum absolute atomic E-state index is 0.178. The first-order valence-electron chi connectivity index (χ1n) is 6.56. The molecule has 0 bridgehead atoms. The lowest BCUT2D eigenvalue weighted by atomic mass is 10.2. The van der Waals surface area contributed by atoms with Gasteiger partial charge in [0.25, 0.3) is 0 Å². The van der Waals surface area contributed by atoms with Gasteiger partial charge in [-0.15, -0.1) is 0 Å². The first-order chi connectivity index (χ1) is 10.5. The Morgan fingerprint density at radius 1 is 1.14 bits per heavy atom. The molecular weight excluding hydrogens is 285 g/mol. The molecule has 5 heteroatoms. The maximum Gasteiger partial charge on any atom is 0.336 e. The lowest BCUT2D eigenvalue weighted by molar-refractivity contribution is -0.128. The number of benzene rings is 2. The monoisotopic (exact) mass is 299 g/mol. The number of halogens is 1. The summed E-state index contributed by atoms with van der Waals surface area (Å²) in [5.41, 5.74) is 1.18. The number of amides is 1. The van der Waals surface area contributed by atoms with Crippen LogP contribution in [0.5, 0.6) is 5.75 Å². The number of carbonyl (C=O) groups is 2. The molecular formula is C17H14FNO3. The Labute approximate surface area is 127 Å². The van der Waals surface area contributed by atoms with Crippen LogP contribution in [0.15, 0.2) is 54.6 Å². The molecule has 22 heavy (non-hydrogen) atoms. The summed E-state index contributed by atoms with van der Waals surface area (Å²) in [5, 5.41) is 2.61. The molecule has 0 aliphatic carbocycles. The maximum atomic E-state index is 13.0. The molecule has 0 fully saturated rings. The molecule has 0 aliphatic rings. The summed E-state index contributed by atoms with van der Waals surface area (Å²) in [5.74, 6) is -0.772. The molecule has 2 rings (SSSR count). The van der Waals surface area contributed by atoms with Crippen molar-refractivity contribution in [3.8, 4) is 5.75 Å². The van der Waals surface area contributed by atoms with E-state index in [0.29, 0.717) is 17.0 Å². The third-order valence-corrected chi connectivity index (χ3v) is 2.65. The van der Waals surface area contributed by atoms with Crippen LogP contribution in [-0.4, -0.2) is 11.9 Å². The van der Waals surface area contributed by atoms with E-state index in [1.807, 2.05) is 0 Å². The zero-order valence-electron chi connectivity index (χ0n) is 11.9. The van der Waals surface area contributed by atoms with Gasteiger partial charge in [-0.25, -0.2) is 9.18 Å². The molecule has 4 nitrogen and oxygen atoms in total. The van der Waals surface area contributed by atoms with Crippen LogP contribution in [0.4, 0.5) is 10.1 Å². The molecule has 0 aromatic heterocycles. The van der Waals surface area contributed by atoms with Crippen LogP contribution in [0, 0.1) is 5.82 Å². The van der Waals surface area contributed by atoms with Crippen LogP contribution in [0.3, 0.4) is 0 Å². The third-order valence-electron chi connectivity index (χ3n) is 2.65. The molecule has 0 aliphatic heterocycles. The first-order valence-corrected chi connectivity index (χ1v) is 6.56. The highest BCUT2D eigenvalue weighted by atomic mass is 19.1. The van der Waals surface area contributed by atoms with Crippen LogP contribution in [0.1, 0.15) is 12.5 Å². The van der Waals surface area contributed by atoms with Crippen molar-refractivity contribution >= 4 is 23.6 Å². The van der Waals surface area contributed by atoms with Crippen LogP contribution in [0.2, 0.25) is 0 Å². The van der Waals surface area contributed by atoms with E-state index < -0.39 is 5.97 Å². The molecule has 0 saturated heterocycles. The fourth-order valence-corrected chi connectivity index (χ4v) is 1.73. The quantitative estimate of drug-likeness (QED) is 0.535. The summed E-state index contributed by atoms with van der Waals surface area (Å²) in [7, 11) is 0. The number of nitrogens with one attached hydrogen (secondary N) is 1. The molecule has 0 atom stereocenters. The summed E-state index contributed by atoms with van der Waals surface area (Å²) in [6.45, 7) is 1.41. The Hall–Kier alpha value is -2.95. The molecule has 2 aromatic rings. The fourth-order valence-electron chi connectivity index (χ4n) is 1.73. The lowest BCUT2D eigenvalue weighted by Gasteiger charge is -2.04. The second-order valence-corrected chi connectivity index (χ2v) is 4.52. The summed E-state index contributed by atoms with van der Waals surface area (Å²) >= 11 is 0. The van der Waals surface area contributed by atoms with Crippen molar-refractivity contribution < 1.29 is 18.7 Å². The van der Waals surface area contributed by atoms with E-state index in [-0.39, 0.29) is 11.7 Å². The van der Waals surface area contributed by atoms with E-state index in [1.165, 1.54) is 31.2 Å². The zero-order chi connectivity index (χ0) is 15.9. The molecule has 0 heterocycles. The van der Waals surface area contributed by atoms with Gasteiger partial charge in [0, 0.05) is 18.7 Å². The molecule has 1 N–H and O–H groups in total. The van der Waals surface area contributed by atoms with E-state index in [0.717, 1.165) is 0 Å². The molecule has 0 spiro atoms. The van der Waals surface area contributed by atoms with Crippen molar-refractivity contribution in [2.24, 2.45) is 0 Å². The van der Waals surface area contributed by atoms with Crippen molar-refractivity contribution in [2.75, 3.05) is 5.32 Å². The van der Waals surface area contributed by atoms with Gasteiger partial charge in [0.15, 0.2) is 0 Å². The van der Waals surface area contributed by atoms with Crippen LogP contribution < -0.4 is 10.1 Å². The van der Waals surface area contributed by atoms with Crippen LogP contribution in [-0.2, 0) is 9.59 Å². The number of anilines is 1. The van der Waals surface area contributed by atoms with Gasteiger partial charge < -0.3 is 10.1 Å². The lowest BCUT2D eigenvalue weighted by Crippen LogP contribution is -2.06. The molecule has 0 saturated carbocycles. The number of hydrogen-bond donors (Lipinski definition) is 1. The highest BCUT2D eigenvalue weighted by Gasteiger charge is 2.02. The largest absolute Gasteiger partial charge is 0.423 e. The molecule has 1 amide bonds. The highest BCUT2D eigenvalue weighted by Crippen LogP contribution is 2.16. The predicted molar refractivity (Wildman–Crippen MR) is 81.8 cm³/mol. The van der Waals surface area contributed by atoms with Crippen molar-refractivity contribution in [1.82, 2.24) is 0 Å². The second-order valence-electron chi connectivity index (χ2n) is 4.52. The molecule has 0 radical (unpaired) electrons. The third kappa shape index (κ3) is 4.86. The van der Waals surface area contributed by atoms with E-state index in [1.54, 1.807) is 36.4 Å². The van der Waals surface area contributed by atoms with Crippen molar-refractivity contribution in [2.45, 2.75) is 6.92 Å². The SMILES string of the molecule is CC(=O)Nc1ccc(OC(=O)/C=C/c2cccc(F)c2)cc1. The Balaban J connectivity index is 1.95. The van der Waals surface area contributed by atoms with Gasteiger partial charge in [0.05, 0.1) is 0 Å². The molecule has 0 unspecified atom stereocenters. The Bertz CT molecular complexity index is 708. The number of carbonyl (C=O) groups excluding carboxylic acids is 2. The first kappa shape index (κ1) is 15.4. The van der Waals surface area contributed by atoms with Crippen molar-refractivity contribution in [3.05, 3.63) is 66.0 Å². The topological polar surface area (TPSA) is 55.4 Å². The molecule has 2 aromatic carbocycles. The van der Waals surface area contributed by atoms with Gasteiger partial charge in [0.2, 0.25) is 5.91 Å². The van der Waals surface area contributed by atoms with Crippen molar-refractivity contribution in [3.63, 3.8) is 0 Å². The van der Waals surface area contributed by atoms with Gasteiger partial charge in [-0.05, 0) is 48.0 Å². The fraction of sp³-hybridized carbons (Fsp3) is 0.0588. The average Bonchev–Trinajstić information content (AvgIpc) is 2.47. The Morgan fingerprint density at radius 2 is 1.86 bits per heavy atom. The van der Waals surface area contributed by atoms with Gasteiger partial charge in [0.1, 0.15) is 11.6 Å². The van der Waals surface area contributed by atoms with Gasteiger partial charge >= 0.3 is 5.97 Å². The summed E-state index contributed by atoms with van der Waals surface area (Å²) in [6.07, 6.45) is 2.69. The summed E-state index contributed by atoms with van der Waals surface area (Å²) in [6, 6.07) is 12.3. The standard InChI is InChI=1S/C17H14FNO3/c1-12(20)19-15-6-8-16(9-7-15)22-17(21)10-5-13-3-2-4-14(18)11-13/h2-11H,1H3,(H,19,20)/b10-5+. The second kappa shape index (κ2) is 7.17. The number of rotatable bonds is 4.